The fourth-order valence-electron chi connectivity index (χ4n) is 3.04. The summed E-state index contributed by atoms with van der Waals surface area (Å²) >= 11 is 0. The van der Waals surface area contributed by atoms with Gasteiger partial charge < -0.3 is 4.90 Å². The van der Waals surface area contributed by atoms with Crippen molar-refractivity contribution in [3.63, 3.8) is 0 Å². The number of nitrogens with zero attached hydrogens (tertiary/aromatic N) is 1. The number of hydrogen-bond donors (Lipinski definition) is 0. The van der Waals surface area contributed by atoms with Gasteiger partial charge in [-0.1, -0.05) is 20.8 Å². The molecule has 2 atom stereocenters. The van der Waals surface area contributed by atoms with Gasteiger partial charge in [0.1, 0.15) is 0 Å². The van der Waals surface area contributed by atoms with E-state index in [4.69, 9.17) is 0 Å². The van der Waals surface area contributed by atoms with Gasteiger partial charge in [-0.15, -0.1) is 0 Å². The zero-order valence-corrected chi connectivity index (χ0v) is 9.49. The van der Waals surface area contributed by atoms with Gasteiger partial charge in [-0.3, -0.25) is 4.79 Å². The third-order valence-corrected chi connectivity index (χ3v) is 4.11. The molecule has 0 aromatic rings. The predicted molar refractivity (Wildman–Crippen MR) is 56.8 cm³/mol. The lowest BCUT2D eigenvalue weighted by Gasteiger charge is -2.37. The van der Waals surface area contributed by atoms with Crippen LogP contribution in [-0.4, -0.2) is 23.9 Å². The van der Waals surface area contributed by atoms with Gasteiger partial charge in [0.15, 0.2) is 0 Å². The van der Waals surface area contributed by atoms with Gasteiger partial charge >= 0.3 is 0 Å². The Balaban J connectivity index is 2.02. The third-order valence-electron chi connectivity index (χ3n) is 4.11. The van der Waals surface area contributed by atoms with Crippen LogP contribution in [0.2, 0.25) is 0 Å². The highest BCUT2D eigenvalue weighted by Gasteiger charge is 2.40. The van der Waals surface area contributed by atoms with Gasteiger partial charge in [-0.05, 0) is 30.6 Å². The lowest BCUT2D eigenvalue weighted by atomic mass is 9.86. The lowest BCUT2D eigenvalue weighted by molar-refractivity contribution is -0.137. The molecular formula is C12H21NO. The quantitative estimate of drug-likeness (QED) is 0.628. The molecule has 1 aliphatic heterocycles. The summed E-state index contributed by atoms with van der Waals surface area (Å²) in [6, 6.07) is 0. The molecule has 1 saturated carbocycles. The fraction of sp³-hybridized carbons (Fsp3) is 0.917. The number of carbonyl (C=O) groups is 1. The van der Waals surface area contributed by atoms with Gasteiger partial charge in [0.05, 0.1) is 0 Å². The summed E-state index contributed by atoms with van der Waals surface area (Å²) in [5, 5.41) is 0. The first-order valence-electron chi connectivity index (χ1n) is 5.88. The summed E-state index contributed by atoms with van der Waals surface area (Å²) < 4.78 is 0. The van der Waals surface area contributed by atoms with E-state index in [1.807, 2.05) is 13.8 Å². The van der Waals surface area contributed by atoms with Crippen LogP contribution in [0, 0.1) is 23.7 Å². The average molecular weight is 195 g/mol. The average Bonchev–Trinajstić information content (AvgIpc) is 2.42. The minimum absolute atomic E-state index is 0.169. The molecule has 2 bridgehead atoms. The molecule has 1 amide bonds. The molecule has 2 aliphatic rings. The van der Waals surface area contributed by atoms with E-state index in [2.05, 4.69) is 11.8 Å². The number of hydrogen-bond acceptors (Lipinski definition) is 1. The van der Waals surface area contributed by atoms with Crippen LogP contribution in [0.1, 0.15) is 33.6 Å². The van der Waals surface area contributed by atoms with Crippen molar-refractivity contribution in [2.75, 3.05) is 13.1 Å². The van der Waals surface area contributed by atoms with Crippen molar-refractivity contribution in [2.24, 2.45) is 23.7 Å². The molecule has 2 unspecified atom stereocenters. The Morgan fingerprint density at radius 2 is 1.71 bits per heavy atom. The molecule has 1 heterocycles. The molecule has 0 aromatic carbocycles. The van der Waals surface area contributed by atoms with Crippen molar-refractivity contribution in [3.05, 3.63) is 0 Å². The molecule has 1 saturated heterocycles. The minimum Gasteiger partial charge on any atom is -0.342 e. The first kappa shape index (κ1) is 10.0. The number of rotatable bonds is 1. The maximum Gasteiger partial charge on any atom is 0.225 e. The van der Waals surface area contributed by atoms with E-state index >= 15 is 0 Å². The molecule has 2 rings (SSSR count). The van der Waals surface area contributed by atoms with Gasteiger partial charge in [-0.2, -0.15) is 0 Å². The van der Waals surface area contributed by atoms with Crippen molar-refractivity contribution in [1.82, 2.24) is 4.90 Å². The van der Waals surface area contributed by atoms with E-state index in [1.54, 1.807) is 0 Å². The van der Waals surface area contributed by atoms with Crippen LogP contribution >= 0.6 is 0 Å². The summed E-state index contributed by atoms with van der Waals surface area (Å²) in [4.78, 5) is 14.0. The number of likely N-dealkylation sites (tertiary alicyclic amines) is 1. The Morgan fingerprint density at radius 1 is 1.21 bits per heavy atom. The van der Waals surface area contributed by atoms with Gasteiger partial charge in [-0.25, -0.2) is 0 Å². The van der Waals surface area contributed by atoms with E-state index in [9.17, 15) is 4.79 Å². The molecule has 0 N–H and O–H groups in total. The van der Waals surface area contributed by atoms with Gasteiger partial charge in [0.25, 0.3) is 0 Å². The Hall–Kier alpha value is -0.530. The largest absolute Gasteiger partial charge is 0.342 e. The third kappa shape index (κ3) is 1.55. The van der Waals surface area contributed by atoms with Crippen LogP contribution in [0.25, 0.3) is 0 Å². The molecular weight excluding hydrogens is 174 g/mol. The first-order chi connectivity index (χ1) is 6.59. The smallest absolute Gasteiger partial charge is 0.225 e. The van der Waals surface area contributed by atoms with Crippen molar-refractivity contribution in [1.29, 1.82) is 0 Å². The van der Waals surface area contributed by atoms with Crippen LogP contribution in [0.15, 0.2) is 0 Å². The van der Waals surface area contributed by atoms with Gasteiger partial charge in [0.2, 0.25) is 5.91 Å². The Morgan fingerprint density at radius 3 is 2.14 bits per heavy atom. The molecule has 0 aromatic heterocycles. The van der Waals surface area contributed by atoms with Crippen LogP contribution in [0.3, 0.4) is 0 Å². The Labute approximate surface area is 86.7 Å². The SMILES string of the molecule is CC(C)C(=O)N1CC2CCC(C1)C2C. The van der Waals surface area contributed by atoms with Crippen molar-refractivity contribution >= 4 is 5.91 Å². The lowest BCUT2D eigenvalue weighted by Crippen LogP contribution is -2.45. The maximum atomic E-state index is 11.8. The normalized spacial score (nSPS) is 36.6. The summed E-state index contributed by atoms with van der Waals surface area (Å²) in [6.45, 7) is 8.41. The molecule has 2 heteroatoms. The van der Waals surface area contributed by atoms with Crippen LogP contribution < -0.4 is 0 Å². The second-order valence-electron chi connectivity index (χ2n) is 5.35. The second-order valence-corrected chi connectivity index (χ2v) is 5.35. The van der Waals surface area contributed by atoms with E-state index in [0.717, 1.165) is 30.8 Å². The van der Waals surface area contributed by atoms with E-state index in [-0.39, 0.29) is 5.92 Å². The minimum atomic E-state index is 0.169. The van der Waals surface area contributed by atoms with E-state index < -0.39 is 0 Å². The predicted octanol–water partition coefficient (Wildman–Crippen LogP) is 2.15. The molecule has 80 valence electrons. The summed E-state index contributed by atoms with van der Waals surface area (Å²) in [7, 11) is 0. The van der Waals surface area contributed by atoms with Crippen LogP contribution in [-0.2, 0) is 4.79 Å². The first-order valence-corrected chi connectivity index (χ1v) is 5.88. The highest BCUT2D eigenvalue weighted by molar-refractivity contribution is 5.78. The highest BCUT2D eigenvalue weighted by atomic mass is 16.2. The van der Waals surface area contributed by atoms with Crippen molar-refractivity contribution < 1.29 is 4.79 Å². The zero-order chi connectivity index (χ0) is 10.3. The molecule has 2 fully saturated rings. The summed E-state index contributed by atoms with van der Waals surface area (Å²) in [6.07, 6.45) is 2.68. The van der Waals surface area contributed by atoms with E-state index in [0.29, 0.717) is 5.91 Å². The topological polar surface area (TPSA) is 20.3 Å². The second kappa shape index (κ2) is 3.56. The molecule has 2 nitrogen and oxygen atoms in total. The number of fused-ring (bicyclic) bond motifs is 2. The summed E-state index contributed by atoms with van der Waals surface area (Å²) in [5.74, 6) is 2.95. The number of amides is 1. The summed E-state index contributed by atoms with van der Waals surface area (Å²) in [5.41, 5.74) is 0. The zero-order valence-electron chi connectivity index (χ0n) is 9.49. The molecule has 1 aliphatic carbocycles. The molecule has 14 heavy (non-hydrogen) atoms. The van der Waals surface area contributed by atoms with Crippen molar-refractivity contribution in [2.45, 2.75) is 33.6 Å². The standard InChI is InChI=1S/C12H21NO/c1-8(2)12(14)13-6-10-4-5-11(7-13)9(10)3/h8-11H,4-7H2,1-3H3. The Bertz CT molecular complexity index is 222. The fourth-order valence-corrected chi connectivity index (χ4v) is 3.04. The van der Waals surface area contributed by atoms with Crippen LogP contribution in [0.4, 0.5) is 0 Å². The van der Waals surface area contributed by atoms with Crippen molar-refractivity contribution in [3.8, 4) is 0 Å². The highest BCUT2D eigenvalue weighted by Crippen LogP contribution is 2.41. The number of carbonyl (C=O) groups excluding carboxylic acids is 1. The van der Waals surface area contributed by atoms with Gasteiger partial charge in [0, 0.05) is 19.0 Å². The monoisotopic (exact) mass is 195 g/mol. The number of piperidine rings is 1. The Kier molecular flexibility index (Phi) is 2.54. The maximum absolute atomic E-state index is 11.8. The molecule has 0 radical (unpaired) electrons. The van der Waals surface area contributed by atoms with E-state index in [1.165, 1.54) is 12.8 Å². The van der Waals surface area contributed by atoms with Crippen LogP contribution in [0.5, 0.6) is 0 Å². The molecule has 0 spiro atoms.